The van der Waals surface area contributed by atoms with E-state index in [0.29, 0.717) is 5.03 Å². The molecule has 0 unspecified atom stereocenters. The molecule has 4 heteroatoms. The molecule has 1 nitrogen and oxygen atoms in total. The van der Waals surface area contributed by atoms with Crippen LogP contribution in [0.4, 0.5) is 4.39 Å². The van der Waals surface area contributed by atoms with Crippen LogP contribution in [0.15, 0.2) is 48.5 Å². The predicted octanol–water partition coefficient (Wildman–Crippen LogP) is 5.17. The molecule has 0 spiro atoms. The minimum atomic E-state index is -0.275. The van der Waals surface area contributed by atoms with Crippen LogP contribution in [0.3, 0.4) is 0 Å². The molecule has 0 aliphatic heterocycles. The summed E-state index contributed by atoms with van der Waals surface area (Å²) in [6.45, 7) is 0. The minimum absolute atomic E-state index is 0.275. The summed E-state index contributed by atoms with van der Waals surface area (Å²) in [5.41, 5.74) is 1.65. The fourth-order valence-corrected chi connectivity index (χ4v) is 2.94. The first-order valence-electron chi connectivity index (χ1n) is 5.71. The zero-order valence-electron chi connectivity index (χ0n) is 9.81. The third kappa shape index (κ3) is 2.67. The number of halogens is 2. The van der Waals surface area contributed by atoms with E-state index in [9.17, 15) is 4.39 Å². The van der Waals surface area contributed by atoms with E-state index in [2.05, 4.69) is 4.98 Å². The lowest BCUT2D eigenvalue weighted by molar-refractivity contribution is 0.627. The van der Waals surface area contributed by atoms with E-state index in [4.69, 9.17) is 11.6 Å². The van der Waals surface area contributed by atoms with Gasteiger partial charge in [-0.15, -0.1) is 11.3 Å². The van der Waals surface area contributed by atoms with Crippen LogP contribution in [0, 0.1) is 5.82 Å². The van der Waals surface area contributed by atoms with Crippen molar-refractivity contribution in [1.29, 1.82) is 0 Å². The molecule has 0 aliphatic carbocycles. The Labute approximate surface area is 119 Å². The zero-order valence-corrected chi connectivity index (χ0v) is 11.4. The Kier molecular flexibility index (Phi) is 3.32. The number of thiazole rings is 1. The van der Waals surface area contributed by atoms with Crippen molar-refractivity contribution in [1.82, 2.24) is 4.98 Å². The van der Waals surface area contributed by atoms with E-state index < -0.39 is 0 Å². The molecule has 0 N–H and O–H groups in total. The Morgan fingerprint density at radius 1 is 1.16 bits per heavy atom. The third-order valence-corrected chi connectivity index (χ3v) is 4.11. The van der Waals surface area contributed by atoms with Gasteiger partial charge < -0.3 is 0 Å². The van der Waals surface area contributed by atoms with E-state index in [1.54, 1.807) is 18.2 Å². The average molecular weight is 290 g/mol. The standard InChI is InChI=1S/C15H9ClFNS/c16-12(9-10-4-3-5-11(17)8-10)15-18-13-6-1-2-7-14(13)19-15/h1-9H/b12-9-. The second-order valence-electron chi connectivity index (χ2n) is 4.03. The number of rotatable bonds is 2. The lowest BCUT2D eigenvalue weighted by atomic mass is 10.2. The maximum atomic E-state index is 13.1. The highest BCUT2D eigenvalue weighted by Gasteiger charge is 2.06. The number of fused-ring (bicyclic) bond motifs is 1. The van der Waals surface area contributed by atoms with Gasteiger partial charge in [0.05, 0.1) is 15.2 Å². The quantitative estimate of drug-likeness (QED) is 0.634. The first-order valence-corrected chi connectivity index (χ1v) is 6.90. The van der Waals surface area contributed by atoms with Crippen molar-refractivity contribution in [3.05, 3.63) is 64.9 Å². The van der Waals surface area contributed by atoms with Crippen molar-refractivity contribution in [3.63, 3.8) is 0 Å². The fourth-order valence-electron chi connectivity index (χ4n) is 1.78. The van der Waals surface area contributed by atoms with Crippen molar-refractivity contribution in [3.8, 4) is 0 Å². The maximum Gasteiger partial charge on any atom is 0.136 e. The number of benzene rings is 2. The number of para-hydroxylation sites is 1. The molecule has 3 rings (SSSR count). The smallest absolute Gasteiger partial charge is 0.136 e. The van der Waals surface area contributed by atoms with Crippen molar-refractivity contribution < 1.29 is 4.39 Å². The van der Waals surface area contributed by atoms with E-state index >= 15 is 0 Å². The van der Waals surface area contributed by atoms with Gasteiger partial charge in [0.1, 0.15) is 10.8 Å². The Bertz CT molecular complexity index is 730. The predicted molar refractivity (Wildman–Crippen MR) is 79.7 cm³/mol. The van der Waals surface area contributed by atoms with Crippen LogP contribution in [0.1, 0.15) is 10.6 Å². The maximum absolute atomic E-state index is 13.1. The van der Waals surface area contributed by atoms with Gasteiger partial charge in [0.25, 0.3) is 0 Å². The largest absolute Gasteiger partial charge is 0.235 e. The summed E-state index contributed by atoms with van der Waals surface area (Å²) in [6.07, 6.45) is 1.72. The topological polar surface area (TPSA) is 12.9 Å². The summed E-state index contributed by atoms with van der Waals surface area (Å²) < 4.78 is 14.2. The van der Waals surface area contributed by atoms with Crippen LogP contribution in [0.2, 0.25) is 0 Å². The molecule has 1 heterocycles. The average Bonchev–Trinajstić information content (AvgIpc) is 2.82. The summed E-state index contributed by atoms with van der Waals surface area (Å²) in [5.74, 6) is -0.275. The van der Waals surface area contributed by atoms with Gasteiger partial charge in [-0.05, 0) is 35.9 Å². The first kappa shape index (κ1) is 12.3. The van der Waals surface area contributed by atoms with Crippen molar-refractivity contribution >= 4 is 44.3 Å². The Morgan fingerprint density at radius 2 is 2.00 bits per heavy atom. The van der Waals surface area contributed by atoms with Gasteiger partial charge in [0.2, 0.25) is 0 Å². The molecule has 2 aromatic carbocycles. The van der Waals surface area contributed by atoms with Crippen LogP contribution in [-0.4, -0.2) is 4.98 Å². The van der Waals surface area contributed by atoms with Gasteiger partial charge in [-0.3, -0.25) is 0 Å². The summed E-state index contributed by atoms with van der Waals surface area (Å²) >= 11 is 7.77. The van der Waals surface area contributed by atoms with Gasteiger partial charge in [0.15, 0.2) is 0 Å². The lowest BCUT2D eigenvalue weighted by Gasteiger charge is -1.95. The van der Waals surface area contributed by atoms with Crippen molar-refractivity contribution in [2.24, 2.45) is 0 Å². The monoisotopic (exact) mass is 289 g/mol. The number of nitrogens with zero attached hydrogens (tertiary/aromatic N) is 1. The van der Waals surface area contributed by atoms with Crippen molar-refractivity contribution in [2.75, 3.05) is 0 Å². The molecule has 94 valence electrons. The van der Waals surface area contributed by atoms with Crippen LogP contribution < -0.4 is 0 Å². The number of hydrogen-bond acceptors (Lipinski definition) is 2. The molecule has 0 radical (unpaired) electrons. The Balaban J connectivity index is 2.01. The number of hydrogen-bond donors (Lipinski definition) is 0. The normalized spacial score (nSPS) is 12.0. The molecular formula is C15H9ClFNS. The summed E-state index contributed by atoms with van der Waals surface area (Å²) in [6, 6.07) is 14.2. The minimum Gasteiger partial charge on any atom is -0.235 e. The highest BCUT2D eigenvalue weighted by atomic mass is 35.5. The van der Waals surface area contributed by atoms with Gasteiger partial charge in [-0.2, -0.15) is 0 Å². The number of aromatic nitrogens is 1. The summed E-state index contributed by atoms with van der Waals surface area (Å²) in [7, 11) is 0. The molecule has 3 aromatic rings. The second kappa shape index (κ2) is 5.11. The molecule has 0 bridgehead atoms. The van der Waals surface area contributed by atoms with E-state index in [1.807, 2.05) is 24.3 Å². The molecule has 0 atom stereocenters. The fraction of sp³-hybridized carbons (Fsp3) is 0. The molecule has 0 aliphatic rings. The SMILES string of the molecule is Fc1cccc(/C=C(\Cl)c2nc3ccccc3s2)c1. The summed E-state index contributed by atoms with van der Waals surface area (Å²) in [4.78, 5) is 4.46. The van der Waals surface area contributed by atoms with Gasteiger partial charge in [-0.25, -0.2) is 9.37 Å². The molecule has 0 saturated carbocycles. The van der Waals surface area contributed by atoms with Gasteiger partial charge in [0, 0.05) is 0 Å². The van der Waals surface area contributed by atoms with E-state index in [0.717, 1.165) is 20.8 Å². The van der Waals surface area contributed by atoms with Crippen LogP contribution in [-0.2, 0) is 0 Å². The van der Waals surface area contributed by atoms with Crippen LogP contribution in [0.5, 0.6) is 0 Å². The molecule has 1 aromatic heterocycles. The second-order valence-corrected chi connectivity index (χ2v) is 5.47. The molecule has 19 heavy (non-hydrogen) atoms. The van der Waals surface area contributed by atoms with Crippen LogP contribution >= 0.6 is 22.9 Å². The summed E-state index contributed by atoms with van der Waals surface area (Å²) in [5, 5.41) is 1.26. The van der Waals surface area contributed by atoms with Crippen LogP contribution in [0.25, 0.3) is 21.3 Å². The highest BCUT2D eigenvalue weighted by molar-refractivity contribution is 7.20. The molecule has 0 saturated heterocycles. The van der Waals surface area contributed by atoms with E-state index in [-0.39, 0.29) is 5.82 Å². The Morgan fingerprint density at radius 3 is 2.79 bits per heavy atom. The van der Waals surface area contributed by atoms with Gasteiger partial charge >= 0.3 is 0 Å². The highest BCUT2D eigenvalue weighted by Crippen LogP contribution is 2.30. The molecular weight excluding hydrogens is 281 g/mol. The Hall–Kier alpha value is -1.71. The zero-order chi connectivity index (χ0) is 13.2. The van der Waals surface area contributed by atoms with Crippen molar-refractivity contribution in [2.45, 2.75) is 0 Å². The molecule has 0 amide bonds. The lowest BCUT2D eigenvalue weighted by Crippen LogP contribution is -1.78. The van der Waals surface area contributed by atoms with Gasteiger partial charge in [-0.1, -0.05) is 35.9 Å². The van der Waals surface area contributed by atoms with E-state index in [1.165, 1.54) is 23.5 Å². The first-order chi connectivity index (χ1) is 9.22. The molecule has 0 fully saturated rings. The third-order valence-electron chi connectivity index (χ3n) is 2.64.